The van der Waals surface area contributed by atoms with Crippen molar-refractivity contribution < 1.29 is 9.53 Å². The highest BCUT2D eigenvalue weighted by Gasteiger charge is 2.35. The summed E-state index contributed by atoms with van der Waals surface area (Å²) in [6.07, 6.45) is 3.39. The van der Waals surface area contributed by atoms with Gasteiger partial charge >= 0.3 is 0 Å². The van der Waals surface area contributed by atoms with Gasteiger partial charge in [-0.25, -0.2) is 0 Å². The number of hydrogen-bond acceptors (Lipinski definition) is 2. The first-order chi connectivity index (χ1) is 5.20. The van der Waals surface area contributed by atoms with Crippen molar-refractivity contribution in [2.45, 2.75) is 12.2 Å². The SMILES string of the molecule is O=C1C(Br)=C(I)[C@H]2C=C[C@@H]1O2. The second kappa shape index (κ2) is 2.67. The fourth-order valence-corrected chi connectivity index (χ4v) is 2.18. The molecule has 0 aromatic rings. The van der Waals surface area contributed by atoms with Crippen LogP contribution < -0.4 is 0 Å². The largest absolute Gasteiger partial charge is 0.353 e. The summed E-state index contributed by atoms with van der Waals surface area (Å²) < 4.78 is 6.95. The van der Waals surface area contributed by atoms with Crippen molar-refractivity contribution in [1.29, 1.82) is 0 Å². The number of ether oxygens (including phenoxy) is 1. The molecule has 0 aromatic heterocycles. The lowest BCUT2D eigenvalue weighted by Gasteiger charge is -2.19. The maximum Gasteiger partial charge on any atom is 0.203 e. The Morgan fingerprint density at radius 2 is 2.09 bits per heavy atom. The van der Waals surface area contributed by atoms with Crippen LogP contribution in [-0.4, -0.2) is 18.0 Å². The van der Waals surface area contributed by atoms with Crippen molar-refractivity contribution in [3.63, 3.8) is 0 Å². The first kappa shape index (κ1) is 7.94. The van der Waals surface area contributed by atoms with E-state index in [-0.39, 0.29) is 18.0 Å². The fourth-order valence-electron chi connectivity index (χ4n) is 1.11. The van der Waals surface area contributed by atoms with Crippen molar-refractivity contribution in [3.05, 3.63) is 20.2 Å². The van der Waals surface area contributed by atoms with E-state index in [1.807, 2.05) is 6.08 Å². The third-order valence-electron chi connectivity index (χ3n) is 1.69. The molecule has 11 heavy (non-hydrogen) atoms. The molecule has 0 amide bonds. The van der Waals surface area contributed by atoms with Crippen LogP contribution >= 0.6 is 38.5 Å². The fraction of sp³-hybridized carbons (Fsp3) is 0.286. The van der Waals surface area contributed by atoms with Crippen LogP contribution in [0.2, 0.25) is 0 Å². The summed E-state index contributed by atoms with van der Waals surface area (Å²) in [7, 11) is 0. The average Bonchev–Trinajstić information content (AvgIpc) is 2.44. The van der Waals surface area contributed by atoms with Gasteiger partial charge in [0.05, 0.1) is 4.48 Å². The van der Waals surface area contributed by atoms with Gasteiger partial charge in [-0.05, 0) is 44.6 Å². The van der Waals surface area contributed by atoms with Gasteiger partial charge in [-0.15, -0.1) is 0 Å². The second-order valence-corrected chi connectivity index (χ2v) is 4.34. The molecule has 0 aromatic carbocycles. The van der Waals surface area contributed by atoms with Crippen molar-refractivity contribution in [2.75, 3.05) is 0 Å². The van der Waals surface area contributed by atoms with Crippen LogP contribution in [-0.2, 0) is 9.53 Å². The molecule has 2 aliphatic rings. The highest BCUT2D eigenvalue weighted by atomic mass is 127. The van der Waals surface area contributed by atoms with E-state index in [0.29, 0.717) is 4.48 Å². The summed E-state index contributed by atoms with van der Waals surface area (Å²) in [5.41, 5.74) is 0. The molecule has 0 saturated heterocycles. The predicted molar refractivity (Wildman–Crippen MR) is 52.8 cm³/mol. The Morgan fingerprint density at radius 3 is 2.82 bits per heavy atom. The van der Waals surface area contributed by atoms with Gasteiger partial charge in [-0.2, -0.15) is 0 Å². The van der Waals surface area contributed by atoms with Crippen molar-refractivity contribution in [2.24, 2.45) is 0 Å². The molecule has 2 atom stereocenters. The Balaban J connectivity index is 2.49. The van der Waals surface area contributed by atoms with Gasteiger partial charge in [0.1, 0.15) is 12.2 Å². The molecular formula is C7H4BrIO2. The lowest BCUT2D eigenvalue weighted by Crippen LogP contribution is -2.28. The summed E-state index contributed by atoms with van der Waals surface area (Å²) in [6.45, 7) is 0. The number of halogens is 2. The summed E-state index contributed by atoms with van der Waals surface area (Å²) in [4.78, 5) is 11.3. The number of ketones is 1. The van der Waals surface area contributed by atoms with Crippen molar-refractivity contribution in [1.82, 2.24) is 0 Å². The Kier molecular flexibility index (Phi) is 1.93. The van der Waals surface area contributed by atoms with Gasteiger partial charge in [0.2, 0.25) is 5.78 Å². The average molecular weight is 327 g/mol. The minimum atomic E-state index is -0.340. The molecule has 4 heteroatoms. The Morgan fingerprint density at radius 1 is 1.45 bits per heavy atom. The molecule has 0 fully saturated rings. The first-order valence-electron chi connectivity index (χ1n) is 3.13. The normalized spacial score (nSPS) is 35.3. The maximum absolute atomic E-state index is 11.3. The third-order valence-corrected chi connectivity index (χ3v) is 4.40. The van der Waals surface area contributed by atoms with Crippen molar-refractivity contribution in [3.8, 4) is 0 Å². The molecule has 0 N–H and O–H groups in total. The van der Waals surface area contributed by atoms with E-state index < -0.39 is 0 Å². The number of carbonyl (C=O) groups excluding carboxylic acids is 1. The minimum Gasteiger partial charge on any atom is -0.353 e. The third kappa shape index (κ3) is 1.11. The zero-order valence-corrected chi connectivity index (χ0v) is 9.13. The molecular weight excluding hydrogens is 323 g/mol. The molecule has 2 aliphatic heterocycles. The lowest BCUT2D eigenvalue weighted by atomic mass is 10.2. The van der Waals surface area contributed by atoms with E-state index in [0.717, 1.165) is 3.58 Å². The van der Waals surface area contributed by atoms with Crippen molar-refractivity contribution >= 4 is 44.3 Å². The van der Waals surface area contributed by atoms with Crippen LogP contribution in [0.15, 0.2) is 20.2 Å². The molecule has 0 saturated carbocycles. The Bertz CT molecular complexity index is 282. The monoisotopic (exact) mass is 326 g/mol. The van der Waals surface area contributed by atoms with Gasteiger partial charge in [0.25, 0.3) is 0 Å². The number of rotatable bonds is 0. The van der Waals surface area contributed by atoms with E-state index in [9.17, 15) is 4.79 Å². The number of fused-ring (bicyclic) bond motifs is 2. The molecule has 2 bridgehead atoms. The van der Waals surface area contributed by atoms with Gasteiger partial charge in [0.15, 0.2) is 0 Å². The minimum absolute atomic E-state index is 0.00711. The number of carbonyl (C=O) groups is 1. The van der Waals surface area contributed by atoms with Crippen LogP contribution in [0.4, 0.5) is 0 Å². The van der Waals surface area contributed by atoms with E-state index in [2.05, 4.69) is 38.5 Å². The molecule has 2 rings (SSSR count). The van der Waals surface area contributed by atoms with E-state index in [1.54, 1.807) is 6.08 Å². The Labute approximate surface area is 85.9 Å². The number of hydrogen-bond donors (Lipinski definition) is 0. The summed E-state index contributed by atoms with van der Waals surface area (Å²) >= 11 is 5.36. The zero-order chi connectivity index (χ0) is 8.01. The van der Waals surface area contributed by atoms with Crippen LogP contribution in [0.25, 0.3) is 0 Å². The summed E-state index contributed by atoms with van der Waals surface area (Å²) in [5, 5.41) is 0. The topological polar surface area (TPSA) is 26.3 Å². The maximum atomic E-state index is 11.3. The predicted octanol–water partition coefficient (Wildman–Crippen LogP) is 1.93. The van der Waals surface area contributed by atoms with E-state index in [1.165, 1.54) is 0 Å². The van der Waals surface area contributed by atoms with Gasteiger partial charge in [-0.1, -0.05) is 6.08 Å². The highest BCUT2D eigenvalue weighted by molar-refractivity contribution is 14.1. The second-order valence-electron chi connectivity index (χ2n) is 2.39. The van der Waals surface area contributed by atoms with Gasteiger partial charge < -0.3 is 4.74 Å². The molecule has 2 nitrogen and oxygen atoms in total. The van der Waals surface area contributed by atoms with E-state index in [4.69, 9.17) is 4.74 Å². The standard InChI is InChI=1S/C7H4BrIO2/c8-5-6(9)3-1-2-4(11-3)7(5)10/h1-4H/t3-,4+/m1/s1. The van der Waals surface area contributed by atoms with Crippen LogP contribution in [0.5, 0.6) is 0 Å². The zero-order valence-electron chi connectivity index (χ0n) is 5.38. The van der Waals surface area contributed by atoms with Crippen LogP contribution in [0.3, 0.4) is 0 Å². The van der Waals surface area contributed by atoms with E-state index >= 15 is 0 Å². The molecule has 0 spiro atoms. The number of Topliss-reactive ketones (excluding diaryl/α,β-unsaturated/α-hetero) is 1. The smallest absolute Gasteiger partial charge is 0.203 e. The Hall–Kier alpha value is 0.320. The van der Waals surface area contributed by atoms with Gasteiger partial charge in [0, 0.05) is 3.58 Å². The highest BCUT2D eigenvalue weighted by Crippen LogP contribution is 2.35. The van der Waals surface area contributed by atoms with Crippen LogP contribution in [0.1, 0.15) is 0 Å². The molecule has 58 valence electrons. The lowest BCUT2D eigenvalue weighted by molar-refractivity contribution is -0.124. The van der Waals surface area contributed by atoms with Gasteiger partial charge in [-0.3, -0.25) is 4.79 Å². The quantitative estimate of drug-likeness (QED) is 0.502. The summed E-state index contributed by atoms with van der Waals surface area (Å²) in [6, 6.07) is 0. The first-order valence-corrected chi connectivity index (χ1v) is 5.00. The molecule has 0 radical (unpaired) electrons. The molecule has 0 unspecified atom stereocenters. The molecule has 2 heterocycles. The summed E-state index contributed by atoms with van der Waals surface area (Å²) in [5.74, 6) is 0.0272. The molecule has 0 aliphatic carbocycles. The van der Waals surface area contributed by atoms with Crippen LogP contribution in [0, 0.1) is 0 Å².